The van der Waals surface area contributed by atoms with Crippen molar-refractivity contribution in [3.05, 3.63) is 35.9 Å². The zero-order chi connectivity index (χ0) is 13.1. The van der Waals surface area contributed by atoms with Gasteiger partial charge in [-0.3, -0.25) is 4.90 Å². The molecule has 3 heteroatoms. The van der Waals surface area contributed by atoms with Gasteiger partial charge in [0.25, 0.3) is 0 Å². The van der Waals surface area contributed by atoms with Crippen LogP contribution in [-0.4, -0.2) is 43.9 Å². The average Bonchev–Trinajstić information content (AvgIpc) is 2.88. The van der Waals surface area contributed by atoms with Crippen LogP contribution in [0.25, 0.3) is 0 Å². The molecule has 3 nitrogen and oxygen atoms in total. The van der Waals surface area contributed by atoms with E-state index in [2.05, 4.69) is 42.2 Å². The number of ether oxygens (including phenoxy) is 2. The van der Waals surface area contributed by atoms with E-state index >= 15 is 0 Å². The molecule has 0 unspecified atom stereocenters. The Hall–Kier alpha value is -0.900. The minimum atomic E-state index is 0.355. The number of nitrogens with zero attached hydrogens (tertiary/aromatic N) is 1. The van der Waals surface area contributed by atoms with Crippen molar-refractivity contribution in [1.82, 2.24) is 4.90 Å². The summed E-state index contributed by atoms with van der Waals surface area (Å²) >= 11 is 0. The third kappa shape index (κ3) is 2.83. The van der Waals surface area contributed by atoms with Crippen molar-refractivity contribution in [3.8, 4) is 0 Å². The van der Waals surface area contributed by atoms with E-state index < -0.39 is 0 Å². The van der Waals surface area contributed by atoms with Crippen LogP contribution >= 0.6 is 0 Å². The number of hydrogen-bond acceptors (Lipinski definition) is 3. The average molecular weight is 261 g/mol. The second-order valence-electron chi connectivity index (χ2n) is 5.53. The van der Waals surface area contributed by atoms with Gasteiger partial charge in [0.1, 0.15) is 0 Å². The van der Waals surface area contributed by atoms with Gasteiger partial charge in [-0.1, -0.05) is 30.3 Å². The Balaban J connectivity index is 1.86. The monoisotopic (exact) mass is 261 g/mol. The molecular weight excluding hydrogens is 238 g/mol. The fourth-order valence-electron chi connectivity index (χ4n) is 3.40. The molecule has 0 bridgehead atoms. The lowest BCUT2D eigenvalue weighted by atomic mass is 9.87. The minimum absolute atomic E-state index is 0.355. The van der Waals surface area contributed by atoms with Crippen LogP contribution in [-0.2, 0) is 9.47 Å². The Bertz CT molecular complexity index is 389. The van der Waals surface area contributed by atoms with Crippen LogP contribution in [0.5, 0.6) is 0 Å². The van der Waals surface area contributed by atoms with E-state index in [4.69, 9.17) is 9.47 Å². The maximum atomic E-state index is 5.80. The first kappa shape index (κ1) is 13.1. The largest absolute Gasteiger partial charge is 0.379 e. The number of hydrogen-bond donors (Lipinski definition) is 0. The quantitative estimate of drug-likeness (QED) is 0.834. The fourth-order valence-corrected chi connectivity index (χ4v) is 3.40. The van der Waals surface area contributed by atoms with E-state index in [0.29, 0.717) is 18.1 Å². The highest BCUT2D eigenvalue weighted by molar-refractivity contribution is 5.21. The second kappa shape index (κ2) is 6.04. The molecule has 1 aromatic rings. The van der Waals surface area contributed by atoms with Gasteiger partial charge >= 0.3 is 0 Å². The standard InChI is InChI=1S/C16H23NO2/c1-13-15(7-10-19-13)16(14-5-3-2-4-6-14)17-8-11-18-12-9-17/h2-6,13,15-16H,7-12H2,1H3/t13-,15+,16-/m0/s1. The molecule has 3 atom stereocenters. The number of morpholine rings is 1. The summed E-state index contributed by atoms with van der Waals surface area (Å²) in [6.07, 6.45) is 1.52. The molecule has 0 radical (unpaired) electrons. The zero-order valence-electron chi connectivity index (χ0n) is 11.6. The molecule has 0 aliphatic carbocycles. The molecule has 0 aromatic heterocycles. The molecular formula is C16H23NO2. The lowest BCUT2D eigenvalue weighted by Crippen LogP contribution is -2.43. The van der Waals surface area contributed by atoms with Gasteiger partial charge in [0.05, 0.1) is 19.3 Å². The predicted molar refractivity (Wildman–Crippen MR) is 75.1 cm³/mol. The molecule has 1 aromatic carbocycles. The van der Waals surface area contributed by atoms with Gasteiger partial charge < -0.3 is 9.47 Å². The zero-order valence-corrected chi connectivity index (χ0v) is 11.6. The van der Waals surface area contributed by atoms with Crippen molar-refractivity contribution in [2.75, 3.05) is 32.9 Å². The molecule has 3 rings (SSSR count). The minimum Gasteiger partial charge on any atom is -0.379 e. The normalized spacial score (nSPS) is 30.4. The first-order chi connectivity index (χ1) is 9.36. The third-order valence-electron chi connectivity index (χ3n) is 4.42. The van der Waals surface area contributed by atoms with Crippen LogP contribution in [0, 0.1) is 5.92 Å². The molecule has 19 heavy (non-hydrogen) atoms. The molecule has 0 spiro atoms. The van der Waals surface area contributed by atoms with E-state index in [1.54, 1.807) is 0 Å². The highest BCUT2D eigenvalue weighted by atomic mass is 16.5. The second-order valence-corrected chi connectivity index (χ2v) is 5.53. The molecule has 0 saturated carbocycles. The summed E-state index contributed by atoms with van der Waals surface area (Å²) in [7, 11) is 0. The molecule has 2 aliphatic heterocycles. The lowest BCUT2D eigenvalue weighted by Gasteiger charge is -2.39. The van der Waals surface area contributed by atoms with Crippen molar-refractivity contribution < 1.29 is 9.47 Å². The van der Waals surface area contributed by atoms with Crippen molar-refractivity contribution >= 4 is 0 Å². The Morgan fingerprint density at radius 2 is 1.84 bits per heavy atom. The van der Waals surface area contributed by atoms with Crippen LogP contribution in [0.3, 0.4) is 0 Å². The molecule has 104 valence electrons. The first-order valence-corrected chi connectivity index (χ1v) is 7.34. The Morgan fingerprint density at radius 1 is 1.11 bits per heavy atom. The number of rotatable bonds is 3. The summed E-state index contributed by atoms with van der Waals surface area (Å²) < 4.78 is 11.3. The molecule has 2 saturated heterocycles. The molecule has 0 amide bonds. The summed E-state index contributed by atoms with van der Waals surface area (Å²) in [5.41, 5.74) is 1.42. The predicted octanol–water partition coefficient (Wildman–Crippen LogP) is 2.48. The van der Waals surface area contributed by atoms with Crippen molar-refractivity contribution in [2.24, 2.45) is 5.92 Å². The topological polar surface area (TPSA) is 21.7 Å². The summed E-state index contributed by atoms with van der Waals surface area (Å²) in [5, 5.41) is 0. The molecule has 2 heterocycles. The lowest BCUT2D eigenvalue weighted by molar-refractivity contribution is -0.00961. The van der Waals surface area contributed by atoms with Gasteiger partial charge in [0.2, 0.25) is 0 Å². The van der Waals surface area contributed by atoms with E-state index in [0.717, 1.165) is 39.3 Å². The van der Waals surface area contributed by atoms with Crippen LogP contribution in [0.15, 0.2) is 30.3 Å². The first-order valence-electron chi connectivity index (χ1n) is 7.34. The van der Waals surface area contributed by atoms with Crippen LogP contribution < -0.4 is 0 Å². The van der Waals surface area contributed by atoms with Crippen molar-refractivity contribution in [2.45, 2.75) is 25.5 Å². The van der Waals surface area contributed by atoms with E-state index in [1.165, 1.54) is 5.56 Å². The van der Waals surface area contributed by atoms with E-state index in [1.807, 2.05) is 0 Å². The van der Waals surface area contributed by atoms with E-state index in [9.17, 15) is 0 Å². The molecule has 0 N–H and O–H groups in total. The summed E-state index contributed by atoms with van der Waals surface area (Å²) in [6.45, 7) is 6.88. The highest BCUT2D eigenvalue weighted by Crippen LogP contribution is 2.37. The van der Waals surface area contributed by atoms with Gasteiger partial charge in [0, 0.05) is 31.7 Å². The Morgan fingerprint density at radius 3 is 2.47 bits per heavy atom. The summed E-state index contributed by atoms with van der Waals surface area (Å²) in [6, 6.07) is 11.4. The number of benzene rings is 1. The van der Waals surface area contributed by atoms with Crippen molar-refractivity contribution in [3.63, 3.8) is 0 Å². The van der Waals surface area contributed by atoms with Crippen LogP contribution in [0.1, 0.15) is 24.9 Å². The van der Waals surface area contributed by atoms with Gasteiger partial charge in [-0.2, -0.15) is 0 Å². The molecule has 2 fully saturated rings. The Labute approximate surface area is 115 Å². The third-order valence-corrected chi connectivity index (χ3v) is 4.42. The smallest absolute Gasteiger partial charge is 0.0594 e. The summed E-state index contributed by atoms with van der Waals surface area (Å²) in [5.74, 6) is 0.598. The summed E-state index contributed by atoms with van der Waals surface area (Å²) in [4.78, 5) is 2.58. The van der Waals surface area contributed by atoms with Crippen LogP contribution in [0.4, 0.5) is 0 Å². The highest BCUT2D eigenvalue weighted by Gasteiger charge is 2.36. The van der Waals surface area contributed by atoms with E-state index in [-0.39, 0.29) is 0 Å². The maximum absolute atomic E-state index is 5.80. The van der Waals surface area contributed by atoms with Gasteiger partial charge in [-0.15, -0.1) is 0 Å². The van der Waals surface area contributed by atoms with Gasteiger partial charge in [-0.05, 0) is 18.9 Å². The van der Waals surface area contributed by atoms with Gasteiger partial charge in [0.15, 0.2) is 0 Å². The Kier molecular flexibility index (Phi) is 4.16. The SMILES string of the molecule is C[C@@H]1OCC[C@H]1[C@H](c1ccccc1)N1CCOCC1. The molecule has 2 aliphatic rings. The van der Waals surface area contributed by atoms with Crippen molar-refractivity contribution in [1.29, 1.82) is 0 Å². The fraction of sp³-hybridized carbons (Fsp3) is 0.625. The van der Waals surface area contributed by atoms with Crippen LogP contribution in [0.2, 0.25) is 0 Å². The van der Waals surface area contributed by atoms with Gasteiger partial charge in [-0.25, -0.2) is 0 Å². The maximum Gasteiger partial charge on any atom is 0.0594 e.